The number of aromatic nitrogens is 3. The second-order valence-electron chi connectivity index (χ2n) is 7.06. The molecular weight excluding hydrogens is 388 g/mol. The fourth-order valence-corrected chi connectivity index (χ4v) is 3.89. The molecule has 0 radical (unpaired) electrons. The lowest BCUT2D eigenvalue weighted by molar-refractivity contribution is -0.384. The highest BCUT2D eigenvalue weighted by atomic mass is 32.1. The second kappa shape index (κ2) is 7.56. The molecule has 2 aromatic carbocycles. The molecule has 146 valence electrons. The van der Waals surface area contributed by atoms with E-state index < -0.39 is 4.92 Å². The lowest BCUT2D eigenvalue weighted by Crippen LogP contribution is -2.21. The molecule has 0 bridgehead atoms. The zero-order chi connectivity index (χ0) is 20.5. The topological polar surface area (TPSA) is 90.9 Å². The van der Waals surface area contributed by atoms with Crippen LogP contribution in [0.15, 0.2) is 59.0 Å². The Balaban J connectivity index is 1.63. The van der Waals surface area contributed by atoms with Crippen molar-refractivity contribution in [2.75, 3.05) is 0 Å². The van der Waals surface area contributed by atoms with Crippen LogP contribution >= 0.6 is 11.3 Å². The molecule has 7 nitrogen and oxygen atoms in total. The van der Waals surface area contributed by atoms with Crippen molar-refractivity contribution in [2.24, 2.45) is 0 Å². The van der Waals surface area contributed by atoms with Gasteiger partial charge in [-0.1, -0.05) is 38.1 Å². The molecule has 0 unspecified atom stereocenters. The molecule has 0 aliphatic rings. The summed E-state index contributed by atoms with van der Waals surface area (Å²) in [7, 11) is 0. The van der Waals surface area contributed by atoms with Crippen molar-refractivity contribution in [1.29, 1.82) is 0 Å². The van der Waals surface area contributed by atoms with Crippen LogP contribution in [-0.4, -0.2) is 19.5 Å². The van der Waals surface area contributed by atoms with Gasteiger partial charge in [0.05, 0.1) is 34.4 Å². The first kappa shape index (κ1) is 18.9. The quantitative estimate of drug-likeness (QED) is 0.357. The Bertz CT molecular complexity index is 1260. The van der Waals surface area contributed by atoms with E-state index in [1.807, 2.05) is 5.38 Å². The van der Waals surface area contributed by atoms with E-state index in [1.54, 1.807) is 0 Å². The van der Waals surface area contributed by atoms with E-state index in [2.05, 4.69) is 48.1 Å². The summed E-state index contributed by atoms with van der Waals surface area (Å²) in [6.07, 6.45) is 1.45. The largest absolute Gasteiger partial charge is 0.293 e. The summed E-state index contributed by atoms with van der Waals surface area (Å²) in [6, 6.07) is 12.4. The minimum absolute atomic E-state index is 0.130. The van der Waals surface area contributed by atoms with Crippen LogP contribution in [-0.2, 0) is 6.54 Å². The molecule has 2 aromatic heterocycles. The summed E-state index contributed by atoms with van der Waals surface area (Å²) >= 11 is 1.52. The SMILES string of the molecule is CC(C)c1ccc(-c2nc(Cn3cnc4ccc([N+](=O)[O-])cc4c3=O)cs2)cc1. The minimum Gasteiger partial charge on any atom is -0.293 e. The molecule has 0 fully saturated rings. The number of nitro benzene ring substituents is 1. The predicted molar refractivity (Wildman–Crippen MR) is 113 cm³/mol. The molecule has 4 rings (SSSR count). The summed E-state index contributed by atoms with van der Waals surface area (Å²) in [5, 5.41) is 14.0. The fourth-order valence-electron chi connectivity index (χ4n) is 3.07. The van der Waals surface area contributed by atoms with Gasteiger partial charge in [0, 0.05) is 23.1 Å². The number of benzene rings is 2. The highest BCUT2D eigenvalue weighted by molar-refractivity contribution is 7.13. The van der Waals surface area contributed by atoms with Crippen molar-refractivity contribution in [3.8, 4) is 10.6 Å². The average Bonchev–Trinajstić information content (AvgIpc) is 3.18. The number of nitrogens with zero attached hydrogens (tertiary/aromatic N) is 4. The molecule has 0 aliphatic heterocycles. The van der Waals surface area contributed by atoms with Crippen molar-refractivity contribution in [2.45, 2.75) is 26.3 Å². The van der Waals surface area contributed by atoms with Crippen LogP contribution in [0.4, 0.5) is 5.69 Å². The van der Waals surface area contributed by atoms with Gasteiger partial charge in [0.25, 0.3) is 11.2 Å². The maximum absolute atomic E-state index is 12.8. The Morgan fingerprint density at radius 1 is 1.17 bits per heavy atom. The number of nitro groups is 1. The van der Waals surface area contributed by atoms with Crippen LogP contribution in [0.3, 0.4) is 0 Å². The van der Waals surface area contributed by atoms with Gasteiger partial charge in [0.1, 0.15) is 5.01 Å². The third kappa shape index (κ3) is 3.79. The number of rotatable bonds is 5. The van der Waals surface area contributed by atoms with Gasteiger partial charge in [0.2, 0.25) is 0 Å². The van der Waals surface area contributed by atoms with Crippen LogP contribution in [0.25, 0.3) is 21.5 Å². The first-order valence-electron chi connectivity index (χ1n) is 9.10. The van der Waals surface area contributed by atoms with Crippen molar-refractivity contribution in [1.82, 2.24) is 14.5 Å². The van der Waals surface area contributed by atoms with Gasteiger partial charge >= 0.3 is 0 Å². The van der Waals surface area contributed by atoms with Gasteiger partial charge in [-0.05, 0) is 17.5 Å². The molecule has 0 atom stereocenters. The van der Waals surface area contributed by atoms with E-state index in [9.17, 15) is 14.9 Å². The summed E-state index contributed by atoms with van der Waals surface area (Å²) in [5.74, 6) is 0.471. The molecule has 0 N–H and O–H groups in total. The van der Waals surface area contributed by atoms with Gasteiger partial charge in [-0.3, -0.25) is 19.5 Å². The zero-order valence-corrected chi connectivity index (χ0v) is 16.7. The van der Waals surface area contributed by atoms with Crippen LogP contribution in [0.1, 0.15) is 31.0 Å². The molecule has 2 heterocycles. The predicted octanol–water partition coefficient (Wildman–Crippen LogP) is 4.60. The molecule has 0 amide bonds. The van der Waals surface area contributed by atoms with Gasteiger partial charge in [-0.25, -0.2) is 9.97 Å². The van der Waals surface area contributed by atoms with Crippen LogP contribution in [0.5, 0.6) is 0 Å². The number of hydrogen-bond donors (Lipinski definition) is 0. The Hall–Kier alpha value is -3.39. The van der Waals surface area contributed by atoms with Crippen LogP contribution in [0, 0.1) is 10.1 Å². The van der Waals surface area contributed by atoms with Crippen molar-refractivity contribution in [3.05, 3.63) is 85.9 Å². The summed E-state index contributed by atoms with van der Waals surface area (Å²) in [5.41, 5.74) is 3.02. The highest BCUT2D eigenvalue weighted by Gasteiger charge is 2.12. The number of non-ortho nitro benzene ring substituents is 1. The number of fused-ring (bicyclic) bond motifs is 1. The molecule has 4 aromatic rings. The van der Waals surface area contributed by atoms with Gasteiger partial charge < -0.3 is 0 Å². The van der Waals surface area contributed by atoms with E-state index in [0.29, 0.717) is 11.4 Å². The van der Waals surface area contributed by atoms with E-state index in [0.717, 1.165) is 16.3 Å². The molecule has 0 spiro atoms. The zero-order valence-electron chi connectivity index (χ0n) is 15.9. The van der Waals surface area contributed by atoms with Crippen LogP contribution < -0.4 is 5.56 Å². The van der Waals surface area contributed by atoms with Crippen LogP contribution in [0.2, 0.25) is 0 Å². The first-order valence-corrected chi connectivity index (χ1v) is 9.98. The molecular formula is C21H18N4O3S. The van der Waals surface area contributed by atoms with E-state index >= 15 is 0 Å². The monoisotopic (exact) mass is 406 g/mol. The van der Waals surface area contributed by atoms with E-state index in [-0.39, 0.29) is 23.2 Å². The molecule has 8 heteroatoms. The lowest BCUT2D eigenvalue weighted by Gasteiger charge is -2.06. The molecule has 29 heavy (non-hydrogen) atoms. The fraction of sp³-hybridized carbons (Fsp3) is 0.190. The maximum atomic E-state index is 12.8. The van der Waals surface area contributed by atoms with E-state index in [4.69, 9.17) is 0 Å². The Kier molecular flexibility index (Phi) is 4.94. The highest BCUT2D eigenvalue weighted by Crippen LogP contribution is 2.26. The maximum Gasteiger partial charge on any atom is 0.270 e. The Morgan fingerprint density at radius 3 is 2.62 bits per heavy atom. The smallest absolute Gasteiger partial charge is 0.270 e. The lowest BCUT2D eigenvalue weighted by atomic mass is 10.0. The molecule has 0 saturated heterocycles. The minimum atomic E-state index is -0.520. The van der Waals surface area contributed by atoms with Crippen molar-refractivity contribution in [3.63, 3.8) is 0 Å². The third-order valence-electron chi connectivity index (χ3n) is 4.73. The Morgan fingerprint density at radius 2 is 1.93 bits per heavy atom. The second-order valence-corrected chi connectivity index (χ2v) is 7.91. The van der Waals surface area contributed by atoms with Crippen molar-refractivity contribution < 1.29 is 4.92 Å². The van der Waals surface area contributed by atoms with Gasteiger partial charge in [0.15, 0.2) is 0 Å². The summed E-state index contributed by atoms with van der Waals surface area (Å²) in [4.78, 5) is 32.1. The third-order valence-corrected chi connectivity index (χ3v) is 5.67. The van der Waals surface area contributed by atoms with Crippen molar-refractivity contribution >= 4 is 27.9 Å². The number of hydrogen-bond acceptors (Lipinski definition) is 6. The summed E-state index contributed by atoms with van der Waals surface area (Å²) in [6.45, 7) is 4.56. The standard InChI is InChI=1S/C21H18N4O3S/c1-13(2)14-3-5-15(6-4-14)20-23-16(11-29-20)10-24-12-22-19-8-7-17(25(27)28)9-18(19)21(24)26/h3-9,11-13H,10H2,1-2H3. The average molecular weight is 406 g/mol. The molecule has 0 saturated carbocycles. The number of thiazole rings is 1. The van der Waals surface area contributed by atoms with E-state index in [1.165, 1.54) is 46.0 Å². The normalized spacial score (nSPS) is 11.3. The van der Waals surface area contributed by atoms with Gasteiger partial charge in [-0.15, -0.1) is 11.3 Å². The Labute approximate surface area is 170 Å². The van der Waals surface area contributed by atoms with Gasteiger partial charge in [-0.2, -0.15) is 0 Å². The molecule has 0 aliphatic carbocycles. The first-order chi connectivity index (χ1) is 13.9. The summed E-state index contributed by atoms with van der Waals surface area (Å²) < 4.78 is 1.42.